The number of amides is 2. The first-order valence-electron chi connectivity index (χ1n) is 9.86. The van der Waals surface area contributed by atoms with Gasteiger partial charge in [0.05, 0.1) is 5.92 Å². The molecule has 3 atom stereocenters. The number of anilines is 1. The lowest BCUT2D eigenvalue weighted by Crippen LogP contribution is -2.50. The highest BCUT2D eigenvalue weighted by molar-refractivity contribution is 5.93. The van der Waals surface area contributed by atoms with E-state index >= 15 is 0 Å². The molecule has 0 aliphatic carbocycles. The predicted molar refractivity (Wildman–Crippen MR) is 106 cm³/mol. The van der Waals surface area contributed by atoms with Crippen molar-refractivity contribution in [3.8, 4) is 0 Å². The van der Waals surface area contributed by atoms with E-state index < -0.39 is 0 Å². The molecule has 7 nitrogen and oxygen atoms in total. The number of rotatable bonds is 4. The number of benzene rings is 1. The van der Waals surface area contributed by atoms with E-state index in [0.29, 0.717) is 25.2 Å². The van der Waals surface area contributed by atoms with Crippen LogP contribution in [0.4, 0.5) is 10.1 Å². The first kappa shape index (κ1) is 19.5. The molecular formula is C21H24FN5O2. The minimum Gasteiger partial charge on any atom is -0.341 e. The number of piperidine rings is 1. The van der Waals surface area contributed by atoms with Gasteiger partial charge in [-0.1, -0.05) is 0 Å². The number of halogens is 1. The molecule has 1 aromatic heterocycles. The molecule has 2 saturated heterocycles. The zero-order chi connectivity index (χ0) is 20.2. The topological polar surface area (TPSA) is 86.4 Å². The largest absolute Gasteiger partial charge is 0.341 e. The summed E-state index contributed by atoms with van der Waals surface area (Å²) in [5.74, 6) is -0.752. The monoisotopic (exact) mass is 397 g/mol. The van der Waals surface area contributed by atoms with Gasteiger partial charge in [0.25, 0.3) is 0 Å². The fraction of sp³-hybridized carbons (Fsp3) is 0.381. The number of nitrogens with one attached hydrogen (secondary N) is 3. The number of hydrogen-bond donors (Lipinski definition) is 3. The van der Waals surface area contributed by atoms with Gasteiger partial charge in [0.15, 0.2) is 0 Å². The fourth-order valence-corrected chi connectivity index (χ4v) is 3.92. The summed E-state index contributed by atoms with van der Waals surface area (Å²) in [7, 11) is 0. The summed E-state index contributed by atoms with van der Waals surface area (Å²) in [5.41, 5.74) is 7.91. The van der Waals surface area contributed by atoms with E-state index in [1.807, 2.05) is 12.1 Å². The molecule has 152 valence electrons. The minimum atomic E-state index is -0.347. The second-order valence-electron chi connectivity index (χ2n) is 7.53. The maximum Gasteiger partial charge on any atom is 0.241 e. The van der Waals surface area contributed by atoms with Gasteiger partial charge in [-0.15, -0.1) is 0 Å². The lowest BCUT2D eigenvalue weighted by atomic mass is 9.95. The molecule has 0 saturated carbocycles. The second kappa shape index (κ2) is 8.67. The molecule has 4 rings (SSSR count). The lowest BCUT2D eigenvalue weighted by Gasteiger charge is -2.33. The first-order chi connectivity index (χ1) is 14.1. The summed E-state index contributed by atoms with van der Waals surface area (Å²) < 4.78 is 13.0. The molecule has 0 spiro atoms. The van der Waals surface area contributed by atoms with E-state index in [1.165, 1.54) is 24.3 Å². The number of likely N-dealkylation sites (tertiary alicyclic amines) is 1. The summed E-state index contributed by atoms with van der Waals surface area (Å²) in [6, 6.07) is 9.28. The number of nitrogens with zero attached hydrogens (tertiary/aromatic N) is 2. The quantitative estimate of drug-likeness (QED) is 0.735. The van der Waals surface area contributed by atoms with Crippen molar-refractivity contribution in [2.24, 2.45) is 5.92 Å². The molecule has 2 aliphatic heterocycles. The fourth-order valence-electron chi connectivity index (χ4n) is 3.92. The Hall–Kier alpha value is -2.84. The van der Waals surface area contributed by atoms with E-state index in [9.17, 15) is 14.0 Å². The van der Waals surface area contributed by atoms with Crippen LogP contribution < -0.4 is 16.2 Å². The number of aromatic nitrogens is 1. The Morgan fingerprint density at radius 3 is 2.62 bits per heavy atom. The third-order valence-electron chi connectivity index (χ3n) is 5.53. The molecule has 3 N–H and O–H groups in total. The summed E-state index contributed by atoms with van der Waals surface area (Å²) in [4.78, 5) is 31.4. The lowest BCUT2D eigenvalue weighted by molar-refractivity contribution is -0.136. The van der Waals surface area contributed by atoms with Gasteiger partial charge in [-0.2, -0.15) is 0 Å². The summed E-state index contributed by atoms with van der Waals surface area (Å²) in [5, 5.41) is 2.82. The van der Waals surface area contributed by atoms with Crippen LogP contribution in [-0.4, -0.2) is 40.8 Å². The van der Waals surface area contributed by atoms with Crippen molar-refractivity contribution in [1.29, 1.82) is 0 Å². The summed E-state index contributed by atoms with van der Waals surface area (Å²) in [6.45, 7) is 1.04. The number of carbonyl (C=O) groups excluding carboxylic acids is 2. The molecule has 1 aromatic carbocycles. The van der Waals surface area contributed by atoms with Crippen molar-refractivity contribution in [2.75, 3.05) is 18.4 Å². The molecule has 3 unspecified atom stereocenters. The average molecular weight is 397 g/mol. The van der Waals surface area contributed by atoms with Gasteiger partial charge in [-0.25, -0.2) is 15.2 Å². The van der Waals surface area contributed by atoms with E-state index in [-0.39, 0.29) is 35.6 Å². The Morgan fingerprint density at radius 1 is 1.10 bits per heavy atom. The number of carbonyl (C=O) groups is 2. The molecule has 29 heavy (non-hydrogen) atoms. The van der Waals surface area contributed by atoms with E-state index in [1.54, 1.807) is 17.3 Å². The standard InChI is InChI=1S/C21H24FN5O2/c22-16-3-5-17(6-4-16)24-20(28)15-2-1-11-27(13-15)21(29)19-12-18(25-26-19)14-7-9-23-10-8-14/h3-10,15,18-19,25-26H,1-2,11-13H2,(H,24,28). The van der Waals surface area contributed by atoms with Crippen LogP contribution in [0.15, 0.2) is 48.8 Å². The first-order valence-corrected chi connectivity index (χ1v) is 9.86. The van der Waals surface area contributed by atoms with Crippen molar-refractivity contribution < 1.29 is 14.0 Å². The van der Waals surface area contributed by atoms with Crippen LogP contribution in [-0.2, 0) is 9.59 Å². The van der Waals surface area contributed by atoms with Gasteiger partial charge in [-0.3, -0.25) is 14.6 Å². The maximum atomic E-state index is 13.0. The SMILES string of the molecule is O=C(Nc1ccc(F)cc1)C1CCCN(C(=O)C2CC(c3ccncc3)NN2)C1. The van der Waals surface area contributed by atoms with Gasteiger partial charge in [0.1, 0.15) is 11.9 Å². The molecule has 0 bridgehead atoms. The van der Waals surface area contributed by atoms with Gasteiger partial charge >= 0.3 is 0 Å². The van der Waals surface area contributed by atoms with Crippen molar-refractivity contribution in [2.45, 2.75) is 31.3 Å². The summed E-state index contributed by atoms with van der Waals surface area (Å²) in [6.07, 6.45) is 5.63. The van der Waals surface area contributed by atoms with Crippen LogP contribution in [0.5, 0.6) is 0 Å². The number of hydrazine groups is 1. The van der Waals surface area contributed by atoms with Crippen LogP contribution >= 0.6 is 0 Å². The highest BCUT2D eigenvalue weighted by Gasteiger charge is 2.36. The Labute approximate surface area is 168 Å². The molecule has 0 radical (unpaired) electrons. The Kier molecular flexibility index (Phi) is 5.82. The zero-order valence-corrected chi connectivity index (χ0v) is 16.0. The maximum absolute atomic E-state index is 13.0. The molecule has 2 aromatic rings. The smallest absolute Gasteiger partial charge is 0.241 e. The third kappa shape index (κ3) is 4.60. The Balaban J connectivity index is 1.33. The van der Waals surface area contributed by atoms with E-state index in [4.69, 9.17) is 0 Å². The molecular weight excluding hydrogens is 373 g/mol. The summed E-state index contributed by atoms with van der Waals surface area (Å²) >= 11 is 0. The van der Waals surface area contributed by atoms with Gasteiger partial charge in [-0.05, 0) is 61.2 Å². The van der Waals surface area contributed by atoms with Crippen LogP contribution in [0.2, 0.25) is 0 Å². The van der Waals surface area contributed by atoms with Gasteiger partial charge in [0.2, 0.25) is 11.8 Å². The molecule has 2 aliphatic rings. The van der Waals surface area contributed by atoms with Crippen molar-refractivity contribution in [3.05, 3.63) is 60.2 Å². The predicted octanol–water partition coefficient (Wildman–Crippen LogP) is 2.01. The molecule has 8 heteroatoms. The number of hydrogen-bond acceptors (Lipinski definition) is 5. The normalized spacial score (nSPS) is 24.3. The van der Waals surface area contributed by atoms with Gasteiger partial charge in [0, 0.05) is 37.2 Å². The number of pyridine rings is 1. The molecule has 2 fully saturated rings. The molecule has 3 heterocycles. The van der Waals surface area contributed by atoms with Crippen molar-refractivity contribution in [3.63, 3.8) is 0 Å². The highest BCUT2D eigenvalue weighted by atomic mass is 19.1. The van der Waals surface area contributed by atoms with E-state index in [2.05, 4.69) is 21.2 Å². The van der Waals surface area contributed by atoms with Crippen molar-refractivity contribution >= 4 is 17.5 Å². The third-order valence-corrected chi connectivity index (χ3v) is 5.53. The van der Waals surface area contributed by atoms with Crippen LogP contribution in [0.1, 0.15) is 30.9 Å². The van der Waals surface area contributed by atoms with Crippen LogP contribution in [0.25, 0.3) is 0 Å². The second-order valence-corrected chi connectivity index (χ2v) is 7.53. The average Bonchev–Trinajstić information content (AvgIpc) is 3.26. The van der Waals surface area contributed by atoms with E-state index in [0.717, 1.165) is 18.4 Å². The van der Waals surface area contributed by atoms with Gasteiger partial charge < -0.3 is 10.2 Å². The highest BCUT2D eigenvalue weighted by Crippen LogP contribution is 2.25. The van der Waals surface area contributed by atoms with Crippen LogP contribution in [0, 0.1) is 11.7 Å². The van der Waals surface area contributed by atoms with Crippen molar-refractivity contribution in [1.82, 2.24) is 20.7 Å². The minimum absolute atomic E-state index is 0.00772. The molecule has 2 amide bonds. The van der Waals surface area contributed by atoms with Crippen LogP contribution in [0.3, 0.4) is 0 Å². The Bertz CT molecular complexity index is 861. The zero-order valence-electron chi connectivity index (χ0n) is 16.0. The Morgan fingerprint density at radius 2 is 1.86 bits per heavy atom.